The minimum Gasteiger partial charge on any atom is -0.490 e. The largest absolute Gasteiger partial charge is 0.490 e. The summed E-state index contributed by atoms with van der Waals surface area (Å²) in [5.74, 6) is 0.0155. The summed E-state index contributed by atoms with van der Waals surface area (Å²) in [5, 5.41) is 9.04. The number of hydrogen-bond donors (Lipinski definition) is 1. The predicted octanol–water partition coefficient (Wildman–Crippen LogP) is 6.00. The van der Waals surface area contributed by atoms with Crippen LogP contribution in [0.15, 0.2) is 18.2 Å². The molecule has 0 radical (unpaired) electrons. The number of fused-ring (bicyclic) bond motifs is 1. The molecule has 0 aliphatic carbocycles. The Labute approximate surface area is 146 Å². The van der Waals surface area contributed by atoms with E-state index in [0.717, 1.165) is 30.6 Å². The molecular formula is C21H32O3. The van der Waals surface area contributed by atoms with Crippen molar-refractivity contribution in [3.63, 3.8) is 0 Å². The molecule has 0 saturated carbocycles. The highest BCUT2D eigenvalue weighted by Crippen LogP contribution is 2.30. The van der Waals surface area contributed by atoms with Gasteiger partial charge < -0.3 is 9.84 Å². The zero-order valence-electron chi connectivity index (χ0n) is 15.1. The summed E-state index contributed by atoms with van der Waals surface area (Å²) >= 11 is 0. The molecule has 24 heavy (non-hydrogen) atoms. The minimum atomic E-state index is -0.866. The Morgan fingerprint density at radius 3 is 2.42 bits per heavy atom. The van der Waals surface area contributed by atoms with Crippen molar-refractivity contribution in [1.29, 1.82) is 0 Å². The maximum Gasteiger partial charge on any atom is 0.335 e. The van der Waals surface area contributed by atoms with Crippen LogP contribution in [0.1, 0.15) is 93.5 Å². The van der Waals surface area contributed by atoms with Crippen molar-refractivity contribution in [2.75, 3.05) is 0 Å². The maximum atomic E-state index is 11.0. The molecule has 1 atom stereocenters. The molecule has 134 valence electrons. The van der Waals surface area contributed by atoms with Crippen LogP contribution in [0.4, 0.5) is 0 Å². The molecule has 1 unspecified atom stereocenters. The number of rotatable bonds is 11. The smallest absolute Gasteiger partial charge is 0.335 e. The van der Waals surface area contributed by atoms with Gasteiger partial charge in [0.15, 0.2) is 0 Å². The Morgan fingerprint density at radius 1 is 1.08 bits per heavy atom. The Balaban J connectivity index is 1.60. The third-order valence-electron chi connectivity index (χ3n) is 4.97. The van der Waals surface area contributed by atoms with E-state index in [9.17, 15) is 4.79 Å². The molecule has 0 saturated heterocycles. The van der Waals surface area contributed by atoms with Gasteiger partial charge in [-0.3, -0.25) is 0 Å². The molecule has 0 fully saturated rings. The van der Waals surface area contributed by atoms with Gasteiger partial charge in [-0.05, 0) is 49.4 Å². The third kappa shape index (κ3) is 6.18. The second kappa shape index (κ2) is 10.4. The summed E-state index contributed by atoms with van der Waals surface area (Å²) in [6.45, 7) is 2.26. The van der Waals surface area contributed by atoms with Crippen LogP contribution in [-0.2, 0) is 6.42 Å². The molecule has 1 aromatic carbocycles. The van der Waals surface area contributed by atoms with Crippen molar-refractivity contribution in [3.05, 3.63) is 29.3 Å². The summed E-state index contributed by atoms with van der Waals surface area (Å²) in [6.07, 6.45) is 15.5. The van der Waals surface area contributed by atoms with E-state index in [2.05, 4.69) is 6.92 Å². The van der Waals surface area contributed by atoms with E-state index in [1.54, 1.807) is 12.1 Å². The van der Waals surface area contributed by atoms with Crippen LogP contribution in [0, 0.1) is 0 Å². The second-order valence-electron chi connectivity index (χ2n) is 7.02. The molecule has 0 amide bonds. The molecule has 1 aliphatic heterocycles. The summed E-state index contributed by atoms with van der Waals surface area (Å²) in [7, 11) is 0. The molecule has 1 aromatic rings. The van der Waals surface area contributed by atoms with Gasteiger partial charge in [-0.2, -0.15) is 0 Å². The molecule has 3 heteroatoms. The van der Waals surface area contributed by atoms with Gasteiger partial charge in [-0.1, -0.05) is 58.3 Å². The first-order valence-electron chi connectivity index (χ1n) is 9.73. The van der Waals surface area contributed by atoms with Gasteiger partial charge in [-0.25, -0.2) is 4.79 Å². The number of benzene rings is 1. The molecule has 1 heterocycles. The monoisotopic (exact) mass is 332 g/mol. The zero-order valence-corrected chi connectivity index (χ0v) is 15.1. The number of carbonyl (C=O) groups is 1. The Hall–Kier alpha value is -1.51. The van der Waals surface area contributed by atoms with Gasteiger partial charge in [0.05, 0.1) is 11.7 Å². The lowest BCUT2D eigenvalue weighted by atomic mass is 9.97. The fourth-order valence-electron chi connectivity index (χ4n) is 3.46. The molecular weight excluding hydrogens is 300 g/mol. The molecule has 3 nitrogen and oxygen atoms in total. The molecule has 2 rings (SSSR count). The standard InChI is InChI=1S/C21H32O3/c1-2-3-4-5-6-7-8-9-10-11-19-14-12-17-16-18(21(22)23)13-15-20(17)24-19/h13,15-16,19H,2-12,14H2,1H3,(H,22,23). The topological polar surface area (TPSA) is 46.5 Å². The van der Waals surface area contributed by atoms with Crippen molar-refractivity contribution < 1.29 is 14.6 Å². The number of hydrogen-bond acceptors (Lipinski definition) is 2. The molecule has 1 aliphatic rings. The van der Waals surface area contributed by atoms with Gasteiger partial charge in [0.2, 0.25) is 0 Å². The minimum absolute atomic E-state index is 0.303. The number of ether oxygens (including phenoxy) is 1. The van der Waals surface area contributed by atoms with Crippen LogP contribution in [0.5, 0.6) is 5.75 Å². The van der Waals surface area contributed by atoms with Crippen LogP contribution in [0.2, 0.25) is 0 Å². The van der Waals surface area contributed by atoms with Crippen LogP contribution in [-0.4, -0.2) is 17.2 Å². The zero-order chi connectivity index (χ0) is 17.2. The van der Waals surface area contributed by atoms with Crippen molar-refractivity contribution >= 4 is 5.97 Å². The van der Waals surface area contributed by atoms with Crippen LogP contribution >= 0.6 is 0 Å². The first-order valence-corrected chi connectivity index (χ1v) is 9.73. The van der Waals surface area contributed by atoms with E-state index in [1.165, 1.54) is 57.8 Å². The summed E-state index contributed by atoms with van der Waals surface area (Å²) in [4.78, 5) is 11.0. The predicted molar refractivity (Wildman–Crippen MR) is 98.0 cm³/mol. The van der Waals surface area contributed by atoms with E-state index in [1.807, 2.05) is 6.07 Å². The van der Waals surface area contributed by atoms with Crippen molar-refractivity contribution in [2.24, 2.45) is 0 Å². The van der Waals surface area contributed by atoms with Crippen molar-refractivity contribution in [1.82, 2.24) is 0 Å². The van der Waals surface area contributed by atoms with E-state index >= 15 is 0 Å². The Bertz CT molecular complexity index is 510. The number of carboxylic acid groups (broad SMARTS) is 1. The number of unbranched alkanes of at least 4 members (excludes halogenated alkanes) is 8. The lowest BCUT2D eigenvalue weighted by Crippen LogP contribution is -2.22. The number of aryl methyl sites for hydroxylation is 1. The summed E-state index contributed by atoms with van der Waals surface area (Å²) in [5.41, 5.74) is 1.40. The van der Waals surface area contributed by atoms with Crippen LogP contribution < -0.4 is 4.74 Å². The van der Waals surface area contributed by atoms with E-state index < -0.39 is 5.97 Å². The quantitative estimate of drug-likeness (QED) is 0.506. The highest BCUT2D eigenvalue weighted by molar-refractivity contribution is 5.88. The fourth-order valence-corrected chi connectivity index (χ4v) is 3.46. The first kappa shape index (κ1) is 18.8. The van der Waals surface area contributed by atoms with Gasteiger partial charge in [-0.15, -0.1) is 0 Å². The highest BCUT2D eigenvalue weighted by Gasteiger charge is 2.20. The van der Waals surface area contributed by atoms with E-state index in [-0.39, 0.29) is 0 Å². The lowest BCUT2D eigenvalue weighted by molar-refractivity contribution is 0.0696. The van der Waals surface area contributed by atoms with Crippen molar-refractivity contribution in [2.45, 2.75) is 90.1 Å². The molecule has 0 spiro atoms. The highest BCUT2D eigenvalue weighted by atomic mass is 16.5. The maximum absolute atomic E-state index is 11.0. The summed E-state index contributed by atoms with van der Waals surface area (Å²) < 4.78 is 6.05. The number of carboxylic acids is 1. The first-order chi connectivity index (χ1) is 11.7. The van der Waals surface area contributed by atoms with Gasteiger partial charge in [0.25, 0.3) is 0 Å². The Kier molecular flexibility index (Phi) is 8.14. The normalized spacial score (nSPS) is 16.5. The average Bonchev–Trinajstić information content (AvgIpc) is 2.59. The van der Waals surface area contributed by atoms with Crippen LogP contribution in [0.3, 0.4) is 0 Å². The van der Waals surface area contributed by atoms with Crippen LogP contribution in [0.25, 0.3) is 0 Å². The average molecular weight is 332 g/mol. The van der Waals surface area contributed by atoms with Gasteiger partial charge >= 0.3 is 5.97 Å². The lowest BCUT2D eigenvalue weighted by Gasteiger charge is -2.26. The third-order valence-corrected chi connectivity index (χ3v) is 4.97. The van der Waals surface area contributed by atoms with Gasteiger partial charge in [0, 0.05) is 0 Å². The van der Waals surface area contributed by atoms with E-state index in [4.69, 9.17) is 9.84 Å². The molecule has 0 bridgehead atoms. The summed E-state index contributed by atoms with van der Waals surface area (Å²) in [6, 6.07) is 5.22. The van der Waals surface area contributed by atoms with Crippen molar-refractivity contribution in [3.8, 4) is 5.75 Å². The molecule has 1 N–H and O–H groups in total. The Morgan fingerprint density at radius 2 is 1.75 bits per heavy atom. The SMILES string of the molecule is CCCCCCCCCCCC1CCc2cc(C(=O)O)ccc2O1. The second-order valence-corrected chi connectivity index (χ2v) is 7.02. The van der Waals surface area contributed by atoms with E-state index in [0.29, 0.717) is 11.7 Å². The fraction of sp³-hybridized carbons (Fsp3) is 0.667. The van der Waals surface area contributed by atoms with Gasteiger partial charge in [0.1, 0.15) is 5.75 Å². The number of aromatic carboxylic acids is 1. The molecule has 0 aromatic heterocycles.